The number of ether oxygens (including phenoxy) is 1. The summed E-state index contributed by atoms with van der Waals surface area (Å²) in [6.07, 6.45) is -0.866. The van der Waals surface area contributed by atoms with Crippen LogP contribution in [0.25, 0.3) is 0 Å². The first-order valence-corrected chi connectivity index (χ1v) is 7.55. The van der Waals surface area contributed by atoms with E-state index in [0.717, 1.165) is 0 Å². The van der Waals surface area contributed by atoms with Crippen LogP contribution in [0.5, 0.6) is 5.75 Å². The summed E-state index contributed by atoms with van der Waals surface area (Å²) in [5, 5.41) is 0.362. The maximum Gasteiger partial charge on any atom is 0.205 e. The molecule has 110 valence electrons. The Labute approximate surface area is 139 Å². The third-order valence-electron chi connectivity index (χ3n) is 2.78. The van der Waals surface area contributed by atoms with Crippen LogP contribution in [-0.4, -0.2) is 11.9 Å². The lowest BCUT2D eigenvalue weighted by atomic mass is 10.1. The third-order valence-corrected chi connectivity index (χ3v) is 4.27. The zero-order valence-corrected chi connectivity index (χ0v) is 14.0. The summed E-state index contributed by atoms with van der Waals surface area (Å²) in [5.41, 5.74) is -0.113. The van der Waals surface area contributed by atoms with Crippen LogP contribution in [0, 0.1) is 5.82 Å². The van der Waals surface area contributed by atoms with Gasteiger partial charge in [0, 0.05) is 9.50 Å². The van der Waals surface area contributed by atoms with E-state index in [2.05, 4.69) is 15.9 Å². The van der Waals surface area contributed by atoms with Gasteiger partial charge in [-0.05, 0) is 53.2 Å². The fourth-order valence-electron chi connectivity index (χ4n) is 1.73. The van der Waals surface area contributed by atoms with E-state index >= 15 is 0 Å². The van der Waals surface area contributed by atoms with Crippen LogP contribution in [0.2, 0.25) is 10.0 Å². The molecule has 1 atom stereocenters. The van der Waals surface area contributed by atoms with E-state index in [1.54, 1.807) is 31.2 Å². The highest BCUT2D eigenvalue weighted by atomic mass is 79.9. The van der Waals surface area contributed by atoms with Crippen LogP contribution in [0.3, 0.4) is 0 Å². The minimum Gasteiger partial charge on any atom is -0.483 e. The van der Waals surface area contributed by atoms with E-state index in [0.29, 0.717) is 15.2 Å². The van der Waals surface area contributed by atoms with Gasteiger partial charge in [-0.3, -0.25) is 4.79 Å². The van der Waals surface area contributed by atoms with Gasteiger partial charge in [0.25, 0.3) is 0 Å². The minimum atomic E-state index is -0.866. The Morgan fingerprint density at radius 3 is 2.67 bits per heavy atom. The van der Waals surface area contributed by atoms with Crippen molar-refractivity contribution in [3.05, 3.63) is 62.3 Å². The summed E-state index contributed by atoms with van der Waals surface area (Å²) in [6, 6.07) is 9.52. The molecule has 0 saturated heterocycles. The van der Waals surface area contributed by atoms with Crippen molar-refractivity contribution in [3.8, 4) is 5.75 Å². The van der Waals surface area contributed by atoms with Crippen molar-refractivity contribution in [1.29, 1.82) is 0 Å². The number of carbonyl (C=O) groups excluding carboxylic acids is 1. The standard InChI is InChI=1S/C15H10BrCl2FO2/c1-8(21-10-4-2-3-9(17)7-10)15(20)11-5-6-12(16)13(18)14(11)19/h2-8H,1H3. The molecule has 0 aliphatic heterocycles. The lowest BCUT2D eigenvalue weighted by molar-refractivity contribution is 0.0814. The molecule has 0 heterocycles. The highest BCUT2D eigenvalue weighted by molar-refractivity contribution is 9.10. The van der Waals surface area contributed by atoms with Crippen LogP contribution >= 0.6 is 39.1 Å². The van der Waals surface area contributed by atoms with Gasteiger partial charge in [0.15, 0.2) is 11.9 Å². The number of hydrogen-bond donors (Lipinski definition) is 0. The molecule has 2 rings (SSSR count). The number of hydrogen-bond acceptors (Lipinski definition) is 2. The van der Waals surface area contributed by atoms with Crippen LogP contribution in [0.1, 0.15) is 17.3 Å². The molecule has 2 aromatic carbocycles. The van der Waals surface area contributed by atoms with Gasteiger partial charge < -0.3 is 4.74 Å². The molecule has 0 saturated carbocycles. The Hall–Kier alpha value is -1.10. The number of rotatable bonds is 4. The van der Waals surface area contributed by atoms with Gasteiger partial charge in [-0.25, -0.2) is 4.39 Å². The summed E-state index contributed by atoms with van der Waals surface area (Å²) in [6.45, 7) is 1.54. The second kappa shape index (κ2) is 6.77. The Morgan fingerprint density at radius 1 is 1.29 bits per heavy atom. The molecular formula is C15H10BrCl2FO2. The maximum absolute atomic E-state index is 14.0. The van der Waals surface area contributed by atoms with Crippen molar-refractivity contribution in [1.82, 2.24) is 0 Å². The predicted octanol–water partition coefficient (Wildman–Crippen LogP) is 5.55. The fraction of sp³-hybridized carbons (Fsp3) is 0.133. The summed E-state index contributed by atoms with van der Waals surface area (Å²) in [5.74, 6) is -0.827. The quantitative estimate of drug-likeness (QED) is 0.504. The topological polar surface area (TPSA) is 26.3 Å². The molecule has 0 spiro atoms. The first-order valence-electron chi connectivity index (χ1n) is 6.00. The normalized spacial score (nSPS) is 12.0. The molecule has 0 aliphatic carbocycles. The summed E-state index contributed by atoms with van der Waals surface area (Å²) < 4.78 is 19.9. The first-order chi connectivity index (χ1) is 9.90. The molecule has 1 unspecified atom stereocenters. The summed E-state index contributed by atoms with van der Waals surface area (Å²) >= 11 is 14.7. The molecule has 2 aromatic rings. The molecule has 6 heteroatoms. The lowest BCUT2D eigenvalue weighted by Crippen LogP contribution is -2.25. The molecule has 21 heavy (non-hydrogen) atoms. The third kappa shape index (κ3) is 3.76. The van der Waals surface area contributed by atoms with Crippen molar-refractivity contribution >= 4 is 44.9 Å². The Morgan fingerprint density at radius 2 is 2.00 bits per heavy atom. The van der Waals surface area contributed by atoms with Crippen molar-refractivity contribution < 1.29 is 13.9 Å². The average Bonchev–Trinajstić information content (AvgIpc) is 2.44. The fourth-order valence-corrected chi connectivity index (χ4v) is 2.38. The summed E-state index contributed by atoms with van der Waals surface area (Å²) in [7, 11) is 0. The zero-order valence-electron chi connectivity index (χ0n) is 10.9. The average molecular weight is 392 g/mol. The molecule has 0 fully saturated rings. The van der Waals surface area contributed by atoms with Crippen molar-refractivity contribution in [2.24, 2.45) is 0 Å². The van der Waals surface area contributed by atoms with E-state index in [9.17, 15) is 9.18 Å². The largest absolute Gasteiger partial charge is 0.483 e. The number of benzene rings is 2. The van der Waals surface area contributed by atoms with Crippen LogP contribution in [0.15, 0.2) is 40.9 Å². The monoisotopic (exact) mass is 390 g/mol. The van der Waals surface area contributed by atoms with E-state index in [1.165, 1.54) is 12.1 Å². The SMILES string of the molecule is CC(Oc1cccc(Cl)c1)C(=O)c1ccc(Br)c(Cl)c1F. The number of Topliss-reactive ketones (excluding diaryl/α,β-unsaturated/α-hetero) is 1. The number of carbonyl (C=O) groups is 1. The van der Waals surface area contributed by atoms with Gasteiger partial charge in [-0.15, -0.1) is 0 Å². The zero-order chi connectivity index (χ0) is 15.6. The van der Waals surface area contributed by atoms with Gasteiger partial charge in [0.05, 0.1) is 10.6 Å². The van der Waals surface area contributed by atoms with Crippen molar-refractivity contribution in [2.75, 3.05) is 0 Å². The molecular weight excluding hydrogens is 382 g/mol. The first kappa shape index (κ1) is 16.3. The van der Waals surface area contributed by atoms with Crippen molar-refractivity contribution in [2.45, 2.75) is 13.0 Å². The van der Waals surface area contributed by atoms with Crippen LogP contribution in [-0.2, 0) is 0 Å². The number of halogens is 4. The summed E-state index contributed by atoms with van der Waals surface area (Å²) in [4.78, 5) is 12.2. The van der Waals surface area contributed by atoms with Gasteiger partial charge in [0.2, 0.25) is 5.78 Å². The van der Waals surface area contributed by atoms with Gasteiger partial charge >= 0.3 is 0 Å². The highest BCUT2D eigenvalue weighted by Gasteiger charge is 2.22. The number of ketones is 1. The molecule has 0 amide bonds. The molecule has 0 bridgehead atoms. The van der Waals surface area contributed by atoms with Crippen LogP contribution < -0.4 is 4.74 Å². The van der Waals surface area contributed by atoms with Crippen molar-refractivity contribution in [3.63, 3.8) is 0 Å². The Bertz CT molecular complexity index is 691. The molecule has 0 aliphatic rings. The smallest absolute Gasteiger partial charge is 0.205 e. The Balaban J connectivity index is 2.22. The van der Waals surface area contributed by atoms with Gasteiger partial charge in [-0.1, -0.05) is 29.3 Å². The molecule has 2 nitrogen and oxygen atoms in total. The van der Waals surface area contributed by atoms with E-state index < -0.39 is 17.7 Å². The minimum absolute atomic E-state index is 0.113. The Kier molecular flexibility index (Phi) is 5.25. The molecule has 0 radical (unpaired) electrons. The second-order valence-electron chi connectivity index (χ2n) is 4.30. The molecule has 0 aromatic heterocycles. The maximum atomic E-state index is 14.0. The van der Waals surface area contributed by atoms with Crippen LogP contribution in [0.4, 0.5) is 4.39 Å². The highest BCUT2D eigenvalue weighted by Crippen LogP contribution is 2.28. The lowest BCUT2D eigenvalue weighted by Gasteiger charge is -2.15. The second-order valence-corrected chi connectivity index (χ2v) is 5.97. The van der Waals surface area contributed by atoms with E-state index in [1.807, 2.05) is 0 Å². The van der Waals surface area contributed by atoms with E-state index in [4.69, 9.17) is 27.9 Å². The molecule has 0 N–H and O–H groups in total. The predicted molar refractivity (Wildman–Crippen MR) is 85.0 cm³/mol. The van der Waals surface area contributed by atoms with Gasteiger partial charge in [-0.2, -0.15) is 0 Å². The van der Waals surface area contributed by atoms with Gasteiger partial charge in [0.1, 0.15) is 5.75 Å². The van der Waals surface area contributed by atoms with E-state index in [-0.39, 0.29) is 10.6 Å².